The Morgan fingerprint density at radius 2 is 1.92 bits per heavy atom. The molecule has 3 rings (SSSR count). The minimum absolute atomic E-state index is 0.319. The van der Waals surface area contributed by atoms with Gasteiger partial charge in [0.25, 0.3) is 0 Å². The molecule has 3 aromatic rings. The van der Waals surface area contributed by atoms with E-state index in [1.807, 2.05) is 40.4 Å². The van der Waals surface area contributed by atoms with Crippen molar-refractivity contribution in [3.63, 3.8) is 0 Å². The van der Waals surface area contributed by atoms with Crippen LogP contribution in [-0.4, -0.2) is 9.68 Å². The second-order valence-electron chi connectivity index (χ2n) is 5.07. The number of benzene rings is 2. The molecule has 0 atom stereocenters. The van der Waals surface area contributed by atoms with Crippen molar-refractivity contribution in [2.75, 3.05) is 5.32 Å². The number of aromatic nitrogens is 1. The molecule has 0 saturated carbocycles. The second-order valence-corrected chi connectivity index (χ2v) is 7.58. The molecule has 128 valence electrons. The van der Waals surface area contributed by atoms with Gasteiger partial charge >= 0.3 is 0 Å². The molecule has 0 fully saturated rings. The molecule has 1 heterocycles. The van der Waals surface area contributed by atoms with E-state index in [1.54, 1.807) is 18.2 Å². The van der Waals surface area contributed by atoms with E-state index in [0.717, 1.165) is 15.4 Å². The lowest BCUT2D eigenvalue weighted by Gasteiger charge is -2.07. The van der Waals surface area contributed by atoms with E-state index >= 15 is 0 Å². The third kappa shape index (κ3) is 4.84. The highest BCUT2D eigenvalue weighted by Gasteiger charge is 2.05. The zero-order chi connectivity index (χ0) is 17.8. The van der Waals surface area contributed by atoms with Crippen molar-refractivity contribution < 1.29 is 0 Å². The number of hydrogen-bond acceptors (Lipinski definition) is 2. The number of hydrogen-bond donors (Lipinski definition) is 1. The Kier molecular flexibility index (Phi) is 6.15. The fraction of sp³-hybridized carbons (Fsp3) is 0.0588. The smallest absolute Gasteiger partial charge is 0.199 e. The summed E-state index contributed by atoms with van der Waals surface area (Å²) in [6, 6.07) is 12.9. The lowest BCUT2D eigenvalue weighted by Crippen LogP contribution is -2.19. The molecule has 0 saturated heterocycles. The molecule has 3 nitrogen and oxygen atoms in total. The molecule has 2 aromatic carbocycles. The van der Waals surface area contributed by atoms with Crippen molar-refractivity contribution in [3.8, 4) is 0 Å². The highest BCUT2D eigenvalue weighted by atomic mass is 35.5. The van der Waals surface area contributed by atoms with Crippen LogP contribution in [0.3, 0.4) is 0 Å². The highest BCUT2D eigenvalue weighted by molar-refractivity contribution is 7.80. The van der Waals surface area contributed by atoms with Gasteiger partial charge in [0.1, 0.15) is 0 Å². The summed E-state index contributed by atoms with van der Waals surface area (Å²) in [6.45, 7) is 0.617. The van der Waals surface area contributed by atoms with E-state index in [-0.39, 0.29) is 0 Å². The maximum Gasteiger partial charge on any atom is 0.199 e. The van der Waals surface area contributed by atoms with Gasteiger partial charge in [-0.15, -0.1) is 11.3 Å². The molecule has 8 heteroatoms. The normalized spacial score (nSPS) is 11.6. The van der Waals surface area contributed by atoms with Gasteiger partial charge < -0.3 is 9.88 Å². The minimum Gasteiger partial charge on any atom is -0.330 e. The SMILES string of the molecule is S=C(N=c1sccn1Cc1ccccc1Cl)Nc1ccc(Cl)cc1Cl. The molecule has 0 unspecified atom stereocenters. The molecule has 1 N–H and O–H groups in total. The Bertz CT molecular complexity index is 979. The summed E-state index contributed by atoms with van der Waals surface area (Å²) in [4.78, 5) is 5.24. The van der Waals surface area contributed by atoms with Crippen LogP contribution < -0.4 is 10.1 Å². The first-order chi connectivity index (χ1) is 12.0. The topological polar surface area (TPSA) is 29.3 Å². The van der Waals surface area contributed by atoms with Crippen LogP contribution in [0.5, 0.6) is 0 Å². The molecule has 0 amide bonds. The summed E-state index contributed by atoms with van der Waals surface area (Å²) < 4.78 is 1.99. The van der Waals surface area contributed by atoms with Crippen molar-refractivity contribution in [3.05, 3.63) is 79.5 Å². The third-order valence-electron chi connectivity index (χ3n) is 3.33. The largest absolute Gasteiger partial charge is 0.330 e. The molecule has 0 aliphatic rings. The van der Waals surface area contributed by atoms with Crippen molar-refractivity contribution in [2.45, 2.75) is 6.54 Å². The first-order valence-corrected chi connectivity index (χ1v) is 9.63. The lowest BCUT2D eigenvalue weighted by molar-refractivity contribution is 0.772. The fourth-order valence-electron chi connectivity index (χ4n) is 2.14. The molecule has 0 aliphatic carbocycles. The van der Waals surface area contributed by atoms with E-state index in [2.05, 4.69) is 10.3 Å². The van der Waals surface area contributed by atoms with Crippen molar-refractivity contribution in [1.82, 2.24) is 4.57 Å². The first-order valence-electron chi connectivity index (χ1n) is 7.21. The van der Waals surface area contributed by atoms with Crippen LogP contribution in [0.1, 0.15) is 5.56 Å². The monoisotopic (exact) mass is 427 g/mol. The van der Waals surface area contributed by atoms with Gasteiger partial charge in [-0.2, -0.15) is 4.99 Å². The number of nitrogens with zero attached hydrogens (tertiary/aromatic N) is 2. The average Bonchev–Trinajstić information content (AvgIpc) is 2.99. The minimum atomic E-state index is 0.319. The van der Waals surface area contributed by atoms with Gasteiger partial charge in [-0.1, -0.05) is 53.0 Å². The first kappa shape index (κ1) is 18.4. The summed E-state index contributed by atoms with van der Waals surface area (Å²) in [5.74, 6) is 0. The van der Waals surface area contributed by atoms with Gasteiger partial charge in [-0.3, -0.25) is 0 Å². The Balaban J connectivity index is 1.81. The van der Waals surface area contributed by atoms with Crippen molar-refractivity contribution >= 4 is 69.2 Å². The molecule has 0 aliphatic heterocycles. The van der Waals surface area contributed by atoms with Crippen LogP contribution in [0.25, 0.3) is 0 Å². The second kappa shape index (κ2) is 8.34. The van der Waals surface area contributed by atoms with Crippen LogP contribution in [0.4, 0.5) is 5.69 Å². The number of thiazole rings is 1. The summed E-state index contributed by atoms with van der Waals surface area (Å²) in [5.41, 5.74) is 1.68. The van der Waals surface area contributed by atoms with E-state index < -0.39 is 0 Å². The van der Waals surface area contributed by atoms with Crippen molar-refractivity contribution in [1.29, 1.82) is 0 Å². The number of thiocarbonyl (C=S) groups is 1. The maximum absolute atomic E-state index is 6.23. The molecule has 0 spiro atoms. The number of rotatable bonds is 3. The predicted octanol–water partition coefficient (Wildman–Crippen LogP) is 5.86. The molecular formula is C17H12Cl3N3S2. The van der Waals surface area contributed by atoms with Crippen molar-refractivity contribution in [2.24, 2.45) is 4.99 Å². The maximum atomic E-state index is 6.23. The van der Waals surface area contributed by atoms with E-state index in [4.69, 9.17) is 47.0 Å². The van der Waals surface area contributed by atoms with E-state index in [1.165, 1.54) is 11.3 Å². The molecule has 0 bridgehead atoms. The molecular weight excluding hydrogens is 417 g/mol. The Morgan fingerprint density at radius 1 is 1.12 bits per heavy atom. The van der Waals surface area contributed by atoms with E-state index in [9.17, 15) is 0 Å². The van der Waals surface area contributed by atoms with Crippen LogP contribution in [0.15, 0.2) is 59.0 Å². The summed E-state index contributed by atoms with van der Waals surface area (Å²) in [5, 5.41) is 7.06. The average molecular weight is 429 g/mol. The Hall–Kier alpha value is -1.37. The van der Waals surface area contributed by atoms with Crippen LogP contribution in [0.2, 0.25) is 15.1 Å². The Labute approximate surface area is 169 Å². The van der Waals surface area contributed by atoms with Gasteiger partial charge in [0.2, 0.25) is 0 Å². The number of anilines is 1. The third-order valence-corrected chi connectivity index (χ3v) is 5.23. The number of halogens is 3. The molecule has 0 radical (unpaired) electrons. The summed E-state index contributed by atoms with van der Waals surface area (Å²) >= 11 is 25.1. The summed E-state index contributed by atoms with van der Waals surface area (Å²) in [7, 11) is 0. The van der Waals surface area contributed by atoms with Crippen LogP contribution >= 0.6 is 58.4 Å². The summed E-state index contributed by atoms with van der Waals surface area (Å²) in [6.07, 6.45) is 1.95. The zero-order valence-corrected chi connectivity index (χ0v) is 16.6. The predicted molar refractivity (Wildman–Crippen MR) is 111 cm³/mol. The zero-order valence-electron chi connectivity index (χ0n) is 12.7. The van der Waals surface area contributed by atoms with Crippen LogP contribution in [0, 0.1) is 0 Å². The van der Waals surface area contributed by atoms with Crippen LogP contribution in [-0.2, 0) is 6.54 Å². The Morgan fingerprint density at radius 3 is 2.68 bits per heavy atom. The van der Waals surface area contributed by atoms with Gasteiger partial charge in [-0.25, -0.2) is 0 Å². The highest BCUT2D eigenvalue weighted by Crippen LogP contribution is 2.25. The fourth-order valence-corrected chi connectivity index (χ4v) is 3.78. The van der Waals surface area contributed by atoms with E-state index in [0.29, 0.717) is 27.4 Å². The standard InChI is InChI=1S/C17H12Cl3N3S2/c18-12-5-6-15(14(20)9-12)21-16(24)22-17-23(7-8-25-17)10-11-3-1-2-4-13(11)19/h1-9H,10H2,(H,21,24). The molecule has 25 heavy (non-hydrogen) atoms. The van der Waals surface area contributed by atoms with Gasteiger partial charge in [0, 0.05) is 21.6 Å². The van der Waals surface area contributed by atoms with Gasteiger partial charge in [-0.05, 0) is 42.0 Å². The van der Waals surface area contributed by atoms with Gasteiger partial charge in [0.05, 0.1) is 17.3 Å². The quantitative estimate of drug-likeness (QED) is 0.530. The lowest BCUT2D eigenvalue weighted by atomic mass is 10.2. The van der Waals surface area contributed by atoms with Gasteiger partial charge in [0.15, 0.2) is 9.91 Å². The molecule has 1 aromatic heterocycles. The number of nitrogens with one attached hydrogen (secondary N) is 1.